The number of nitrogen functional groups attached to an aromatic ring is 1. The monoisotopic (exact) mass is 460 g/mol. The topological polar surface area (TPSA) is 105 Å². The number of halogens is 2. The third kappa shape index (κ3) is 6.57. The summed E-state index contributed by atoms with van der Waals surface area (Å²) in [6.07, 6.45) is 4.67. The van der Waals surface area contributed by atoms with E-state index >= 15 is 0 Å². The number of hydrogen-bond acceptors (Lipinski definition) is 5. The summed E-state index contributed by atoms with van der Waals surface area (Å²) in [6.45, 7) is 1.23. The van der Waals surface area contributed by atoms with E-state index in [0.29, 0.717) is 32.5 Å². The lowest BCUT2D eigenvalue weighted by Gasteiger charge is -2.30. The molecule has 0 spiro atoms. The first-order valence-electron chi connectivity index (χ1n) is 8.99. The van der Waals surface area contributed by atoms with E-state index in [1.54, 1.807) is 18.3 Å². The van der Waals surface area contributed by atoms with Crippen LogP contribution in [0.3, 0.4) is 0 Å². The predicted octanol–water partition coefficient (Wildman–Crippen LogP) is 2.27. The second-order valence-corrected chi connectivity index (χ2v) is 8.59. The molecule has 3 rings (SSSR count). The summed E-state index contributed by atoms with van der Waals surface area (Å²) in [5.41, 5.74) is 7.49. The SMILES string of the molecule is Cl.Cl.Nc1ccc(CCNC(=O)C2CCN(S(=O)(=O)c3cccnc3)CC2)cc1. The van der Waals surface area contributed by atoms with E-state index < -0.39 is 10.0 Å². The lowest BCUT2D eigenvalue weighted by Crippen LogP contribution is -2.43. The largest absolute Gasteiger partial charge is 0.399 e. The van der Waals surface area contributed by atoms with Crippen LogP contribution in [0.1, 0.15) is 18.4 Å². The van der Waals surface area contributed by atoms with E-state index in [1.807, 2.05) is 24.3 Å². The van der Waals surface area contributed by atoms with Crippen molar-refractivity contribution in [3.05, 3.63) is 54.4 Å². The molecule has 2 aromatic rings. The first-order chi connectivity index (χ1) is 13.0. The van der Waals surface area contributed by atoms with Crippen molar-refractivity contribution in [1.82, 2.24) is 14.6 Å². The van der Waals surface area contributed by atoms with Gasteiger partial charge in [0.1, 0.15) is 4.90 Å². The number of carbonyl (C=O) groups is 1. The molecule has 0 unspecified atom stereocenters. The normalized spacial score (nSPS) is 15.0. The molecule has 1 saturated heterocycles. The number of pyridine rings is 1. The molecule has 0 radical (unpaired) electrons. The Morgan fingerprint density at radius 2 is 1.79 bits per heavy atom. The highest BCUT2D eigenvalue weighted by Crippen LogP contribution is 2.23. The molecule has 7 nitrogen and oxygen atoms in total. The Morgan fingerprint density at radius 1 is 1.14 bits per heavy atom. The third-order valence-corrected chi connectivity index (χ3v) is 6.67. The molecule has 1 aliphatic rings. The summed E-state index contributed by atoms with van der Waals surface area (Å²) in [5.74, 6) is -0.166. The van der Waals surface area contributed by atoms with Crippen LogP contribution in [0.5, 0.6) is 0 Å². The number of nitrogens with zero attached hydrogens (tertiary/aromatic N) is 2. The molecular formula is C19H26Cl2N4O3S. The molecule has 1 aromatic carbocycles. The van der Waals surface area contributed by atoms with Crippen LogP contribution in [-0.4, -0.2) is 43.2 Å². The van der Waals surface area contributed by atoms with Gasteiger partial charge in [-0.2, -0.15) is 4.31 Å². The molecule has 0 saturated carbocycles. The van der Waals surface area contributed by atoms with Gasteiger partial charge in [0.15, 0.2) is 0 Å². The number of carbonyl (C=O) groups excluding carboxylic acids is 1. The molecule has 1 aromatic heterocycles. The molecule has 2 heterocycles. The number of benzene rings is 1. The van der Waals surface area contributed by atoms with Gasteiger partial charge in [-0.3, -0.25) is 9.78 Å². The Hall–Kier alpha value is -1.87. The molecular weight excluding hydrogens is 435 g/mol. The van der Waals surface area contributed by atoms with E-state index in [1.165, 1.54) is 10.5 Å². The number of aromatic nitrogens is 1. The highest BCUT2D eigenvalue weighted by Gasteiger charge is 2.32. The molecule has 3 N–H and O–H groups in total. The Morgan fingerprint density at radius 3 is 2.38 bits per heavy atom. The van der Waals surface area contributed by atoms with Gasteiger partial charge in [-0.15, -0.1) is 24.8 Å². The van der Waals surface area contributed by atoms with Crippen LogP contribution >= 0.6 is 24.8 Å². The highest BCUT2D eigenvalue weighted by atomic mass is 35.5. The van der Waals surface area contributed by atoms with E-state index in [2.05, 4.69) is 10.3 Å². The molecule has 29 heavy (non-hydrogen) atoms. The fourth-order valence-corrected chi connectivity index (χ4v) is 4.60. The number of sulfonamides is 1. The van der Waals surface area contributed by atoms with Crippen LogP contribution in [0.25, 0.3) is 0 Å². The highest BCUT2D eigenvalue weighted by molar-refractivity contribution is 7.89. The zero-order valence-electron chi connectivity index (χ0n) is 15.9. The molecule has 0 aliphatic carbocycles. The smallest absolute Gasteiger partial charge is 0.244 e. The van der Waals surface area contributed by atoms with Gasteiger partial charge in [-0.1, -0.05) is 12.1 Å². The fraction of sp³-hybridized carbons (Fsp3) is 0.368. The minimum atomic E-state index is -3.54. The minimum absolute atomic E-state index is 0. The second-order valence-electron chi connectivity index (χ2n) is 6.65. The van der Waals surface area contributed by atoms with Gasteiger partial charge >= 0.3 is 0 Å². The van der Waals surface area contributed by atoms with Gasteiger partial charge < -0.3 is 11.1 Å². The van der Waals surface area contributed by atoms with Crippen LogP contribution in [-0.2, 0) is 21.2 Å². The van der Waals surface area contributed by atoms with Crippen LogP contribution in [0.15, 0.2) is 53.7 Å². The van der Waals surface area contributed by atoms with Crippen molar-refractivity contribution in [3.8, 4) is 0 Å². The second kappa shape index (κ2) is 11.3. The minimum Gasteiger partial charge on any atom is -0.399 e. The number of nitrogens with two attached hydrogens (primary N) is 1. The summed E-state index contributed by atoms with van der Waals surface area (Å²) >= 11 is 0. The number of amides is 1. The zero-order valence-corrected chi connectivity index (χ0v) is 18.3. The van der Waals surface area contributed by atoms with E-state index in [9.17, 15) is 13.2 Å². The molecule has 1 amide bonds. The van der Waals surface area contributed by atoms with Crippen molar-refractivity contribution in [2.75, 3.05) is 25.4 Å². The van der Waals surface area contributed by atoms with Gasteiger partial charge in [0.25, 0.3) is 0 Å². The standard InChI is InChI=1S/C19H24N4O3S.2ClH/c20-17-5-3-15(4-6-17)7-11-22-19(24)16-8-12-23(13-9-16)27(25,26)18-2-1-10-21-14-18;;/h1-6,10,14,16H,7-9,11-13,20H2,(H,22,24);2*1H. The first-order valence-corrected chi connectivity index (χ1v) is 10.4. The van der Waals surface area contributed by atoms with E-state index in [0.717, 1.165) is 17.7 Å². The average molecular weight is 461 g/mol. The third-order valence-electron chi connectivity index (χ3n) is 4.79. The summed E-state index contributed by atoms with van der Waals surface area (Å²) in [4.78, 5) is 16.4. The van der Waals surface area contributed by atoms with Crippen molar-refractivity contribution in [1.29, 1.82) is 0 Å². The fourth-order valence-electron chi connectivity index (χ4n) is 3.17. The molecule has 0 atom stereocenters. The van der Waals surface area contributed by atoms with Crippen molar-refractivity contribution < 1.29 is 13.2 Å². The zero-order chi connectivity index (χ0) is 19.3. The average Bonchev–Trinajstić information content (AvgIpc) is 2.70. The van der Waals surface area contributed by atoms with Gasteiger partial charge in [-0.25, -0.2) is 8.42 Å². The summed E-state index contributed by atoms with van der Waals surface area (Å²) in [6, 6.07) is 10.7. The number of anilines is 1. The molecule has 160 valence electrons. The number of hydrogen-bond donors (Lipinski definition) is 2. The van der Waals surface area contributed by atoms with Gasteiger partial charge in [0, 0.05) is 43.6 Å². The van der Waals surface area contributed by atoms with Crippen molar-refractivity contribution >= 4 is 46.4 Å². The maximum absolute atomic E-state index is 12.6. The summed E-state index contributed by atoms with van der Waals surface area (Å²) < 4.78 is 26.6. The number of rotatable bonds is 6. The number of nitrogens with one attached hydrogen (secondary N) is 1. The Balaban J connectivity index is 0.00000210. The van der Waals surface area contributed by atoms with Crippen LogP contribution in [0.2, 0.25) is 0 Å². The Kier molecular flexibility index (Phi) is 9.85. The molecule has 0 bridgehead atoms. The Labute approximate surface area is 183 Å². The predicted molar refractivity (Wildman–Crippen MR) is 118 cm³/mol. The summed E-state index contributed by atoms with van der Waals surface area (Å²) in [7, 11) is -3.54. The Bertz CT molecular complexity index is 872. The van der Waals surface area contributed by atoms with Crippen LogP contribution in [0.4, 0.5) is 5.69 Å². The summed E-state index contributed by atoms with van der Waals surface area (Å²) in [5, 5.41) is 2.95. The quantitative estimate of drug-likeness (QED) is 0.643. The van der Waals surface area contributed by atoms with E-state index in [4.69, 9.17) is 5.73 Å². The molecule has 1 fully saturated rings. The first kappa shape index (κ1) is 25.2. The van der Waals surface area contributed by atoms with Gasteiger partial charge in [-0.05, 0) is 49.1 Å². The van der Waals surface area contributed by atoms with Crippen molar-refractivity contribution in [2.24, 2.45) is 5.92 Å². The van der Waals surface area contributed by atoms with Crippen LogP contribution < -0.4 is 11.1 Å². The lowest BCUT2D eigenvalue weighted by atomic mass is 9.97. The maximum atomic E-state index is 12.6. The lowest BCUT2D eigenvalue weighted by molar-refractivity contribution is -0.126. The van der Waals surface area contributed by atoms with Gasteiger partial charge in [0.2, 0.25) is 15.9 Å². The van der Waals surface area contributed by atoms with Gasteiger partial charge in [0.05, 0.1) is 0 Å². The molecule has 10 heteroatoms. The number of piperidine rings is 1. The van der Waals surface area contributed by atoms with Crippen molar-refractivity contribution in [3.63, 3.8) is 0 Å². The maximum Gasteiger partial charge on any atom is 0.244 e. The van der Waals surface area contributed by atoms with E-state index in [-0.39, 0.29) is 41.5 Å². The van der Waals surface area contributed by atoms with Crippen LogP contribution in [0, 0.1) is 5.92 Å². The molecule has 1 aliphatic heterocycles. The van der Waals surface area contributed by atoms with Crippen molar-refractivity contribution in [2.45, 2.75) is 24.2 Å².